The summed E-state index contributed by atoms with van der Waals surface area (Å²) in [6.07, 6.45) is 4.00. The van der Waals surface area contributed by atoms with Gasteiger partial charge in [-0.05, 0) is 72.0 Å². The van der Waals surface area contributed by atoms with Gasteiger partial charge in [0.2, 0.25) is 5.91 Å². The Labute approximate surface area is 242 Å². The van der Waals surface area contributed by atoms with Crippen molar-refractivity contribution in [2.45, 2.75) is 50.6 Å². The van der Waals surface area contributed by atoms with Gasteiger partial charge >= 0.3 is 0 Å². The Morgan fingerprint density at radius 1 is 1.05 bits per heavy atom. The van der Waals surface area contributed by atoms with Crippen molar-refractivity contribution < 1.29 is 19.4 Å². The molecule has 3 aromatic carbocycles. The standard InChI is InChI=1S/C34H41N3O4/c1-40-18-6-17-37-30-9-4-3-7-27(30)20-31(37)28-8-5-16-36(23-28)34(39)22-29(35)19-24-10-12-25(13-11-24)26-14-15-32(38)33(21-26)41-2/h3-4,7,9-15,20-21,28-29,38H,5-6,8,16-19,22-23,35H2,1-2H3/t28?,29-/m1/s1. The van der Waals surface area contributed by atoms with Crippen molar-refractivity contribution in [2.24, 2.45) is 5.73 Å². The van der Waals surface area contributed by atoms with E-state index in [-0.39, 0.29) is 17.7 Å². The number of phenolic OH excluding ortho intramolecular Hbond substituents is 1. The van der Waals surface area contributed by atoms with E-state index in [1.54, 1.807) is 20.3 Å². The molecule has 5 rings (SSSR count). The van der Waals surface area contributed by atoms with Crippen LogP contribution in [0.4, 0.5) is 0 Å². The van der Waals surface area contributed by atoms with Gasteiger partial charge in [0.1, 0.15) is 0 Å². The van der Waals surface area contributed by atoms with Gasteiger partial charge in [-0.15, -0.1) is 0 Å². The molecular formula is C34H41N3O4. The summed E-state index contributed by atoms with van der Waals surface area (Å²) >= 11 is 0. The van der Waals surface area contributed by atoms with Gasteiger partial charge in [0, 0.05) is 62.9 Å². The van der Waals surface area contributed by atoms with Gasteiger partial charge in [-0.25, -0.2) is 0 Å². The predicted molar refractivity (Wildman–Crippen MR) is 163 cm³/mol. The van der Waals surface area contributed by atoms with Crippen molar-refractivity contribution >= 4 is 16.8 Å². The fraction of sp³-hybridized carbons (Fsp3) is 0.382. The largest absolute Gasteiger partial charge is 0.504 e. The molecule has 0 radical (unpaired) electrons. The number of piperidine rings is 1. The first-order valence-electron chi connectivity index (χ1n) is 14.5. The molecule has 0 saturated carbocycles. The third kappa shape index (κ3) is 6.75. The van der Waals surface area contributed by atoms with Gasteiger partial charge in [0.25, 0.3) is 0 Å². The number of carbonyl (C=O) groups excluding carboxylic acids is 1. The highest BCUT2D eigenvalue weighted by Gasteiger charge is 2.28. The molecule has 1 fully saturated rings. The van der Waals surface area contributed by atoms with Crippen molar-refractivity contribution in [3.05, 3.63) is 84.1 Å². The highest BCUT2D eigenvalue weighted by molar-refractivity contribution is 5.82. The van der Waals surface area contributed by atoms with Crippen LogP contribution in [0.15, 0.2) is 72.8 Å². The molecule has 1 saturated heterocycles. The zero-order valence-corrected chi connectivity index (χ0v) is 24.1. The van der Waals surface area contributed by atoms with E-state index in [0.717, 1.165) is 62.2 Å². The Kier molecular flexibility index (Phi) is 9.27. The number of methoxy groups -OCH3 is 2. The van der Waals surface area contributed by atoms with Crippen LogP contribution >= 0.6 is 0 Å². The fourth-order valence-corrected chi connectivity index (χ4v) is 6.05. The Morgan fingerprint density at radius 2 is 1.83 bits per heavy atom. The molecule has 216 valence electrons. The third-order valence-electron chi connectivity index (χ3n) is 8.17. The maximum Gasteiger partial charge on any atom is 0.224 e. The topological polar surface area (TPSA) is 90.0 Å². The molecule has 0 spiro atoms. The molecule has 7 heteroatoms. The average molecular weight is 556 g/mol. The summed E-state index contributed by atoms with van der Waals surface area (Å²) in [5.41, 5.74) is 12.1. The lowest BCUT2D eigenvalue weighted by Gasteiger charge is -2.34. The van der Waals surface area contributed by atoms with Crippen LogP contribution in [0.2, 0.25) is 0 Å². The van der Waals surface area contributed by atoms with E-state index < -0.39 is 0 Å². The number of phenols is 1. The van der Waals surface area contributed by atoms with Gasteiger partial charge in [0.05, 0.1) is 7.11 Å². The number of aromatic nitrogens is 1. The summed E-state index contributed by atoms with van der Waals surface area (Å²) in [5, 5.41) is 11.1. The van der Waals surface area contributed by atoms with Crippen molar-refractivity contribution in [3.8, 4) is 22.6 Å². The summed E-state index contributed by atoms with van der Waals surface area (Å²) in [4.78, 5) is 15.4. The summed E-state index contributed by atoms with van der Waals surface area (Å²) in [5.74, 6) is 1.01. The first kappa shape index (κ1) is 28.7. The van der Waals surface area contributed by atoms with Crippen LogP contribution in [-0.2, 0) is 22.5 Å². The zero-order valence-electron chi connectivity index (χ0n) is 24.1. The smallest absolute Gasteiger partial charge is 0.224 e. The average Bonchev–Trinajstić information content (AvgIpc) is 3.36. The molecule has 2 heterocycles. The van der Waals surface area contributed by atoms with Crippen LogP contribution in [0, 0.1) is 0 Å². The number of nitrogens with zero attached hydrogens (tertiary/aromatic N) is 2. The number of hydrogen-bond donors (Lipinski definition) is 2. The molecule has 0 bridgehead atoms. The van der Waals surface area contributed by atoms with Crippen molar-refractivity contribution in [2.75, 3.05) is 33.9 Å². The van der Waals surface area contributed by atoms with Crippen LogP contribution < -0.4 is 10.5 Å². The lowest BCUT2D eigenvalue weighted by atomic mass is 9.93. The molecular weight excluding hydrogens is 514 g/mol. The number of amides is 1. The second kappa shape index (κ2) is 13.2. The number of ether oxygens (including phenoxy) is 2. The van der Waals surface area contributed by atoms with Crippen molar-refractivity contribution in [1.82, 2.24) is 9.47 Å². The molecule has 2 atom stereocenters. The van der Waals surface area contributed by atoms with Crippen LogP contribution in [0.1, 0.15) is 42.9 Å². The highest BCUT2D eigenvalue weighted by atomic mass is 16.5. The Balaban J connectivity index is 1.21. The number of nitrogens with two attached hydrogens (primary N) is 1. The number of para-hydroxylation sites is 1. The Hall–Kier alpha value is -3.81. The second-order valence-electron chi connectivity index (χ2n) is 11.1. The zero-order chi connectivity index (χ0) is 28.8. The van der Waals surface area contributed by atoms with Crippen LogP contribution in [0.25, 0.3) is 22.0 Å². The second-order valence-corrected chi connectivity index (χ2v) is 11.1. The number of hydrogen-bond acceptors (Lipinski definition) is 5. The molecule has 3 N–H and O–H groups in total. The number of fused-ring (bicyclic) bond motifs is 1. The molecule has 1 unspecified atom stereocenters. The Bertz CT molecular complexity index is 1460. The maximum absolute atomic E-state index is 13.4. The van der Waals surface area contributed by atoms with Crippen LogP contribution in [-0.4, -0.2) is 60.4 Å². The molecule has 1 amide bonds. The Morgan fingerprint density at radius 3 is 2.61 bits per heavy atom. The van der Waals surface area contributed by atoms with E-state index in [2.05, 4.69) is 47.0 Å². The molecule has 4 aromatic rings. The van der Waals surface area contributed by atoms with Crippen molar-refractivity contribution in [3.63, 3.8) is 0 Å². The van der Waals surface area contributed by atoms with E-state index in [1.807, 2.05) is 29.2 Å². The van der Waals surface area contributed by atoms with Gasteiger partial charge < -0.3 is 29.8 Å². The number of rotatable bonds is 11. The van der Waals surface area contributed by atoms with Gasteiger partial charge in [0.15, 0.2) is 11.5 Å². The van der Waals surface area contributed by atoms with Crippen LogP contribution in [0.5, 0.6) is 11.5 Å². The predicted octanol–water partition coefficient (Wildman–Crippen LogP) is 5.73. The monoisotopic (exact) mass is 555 g/mol. The summed E-state index contributed by atoms with van der Waals surface area (Å²) < 4.78 is 13.0. The first-order valence-corrected chi connectivity index (χ1v) is 14.5. The van der Waals surface area contributed by atoms with E-state index in [0.29, 0.717) is 24.5 Å². The van der Waals surface area contributed by atoms with Crippen LogP contribution in [0.3, 0.4) is 0 Å². The van der Waals surface area contributed by atoms with Gasteiger partial charge in [-0.3, -0.25) is 4.79 Å². The van der Waals surface area contributed by atoms with Crippen molar-refractivity contribution in [1.29, 1.82) is 0 Å². The lowest BCUT2D eigenvalue weighted by Crippen LogP contribution is -2.42. The number of benzene rings is 3. The normalized spacial score (nSPS) is 16.2. The molecule has 1 aliphatic heterocycles. The summed E-state index contributed by atoms with van der Waals surface area (Å²) in [6.45, 7) is 3.16. The van der Waals surface area contributed by atoms with E-state index >= 15 is 0 Å². The molecule has 0 aliphatic carbocycles. The fourth-order valence-electron chi connectivity index (χ4n) is 6.05. The van der Waals surface area contributed by atoms with Gasteiger partial charge in [-0.2, -0.15) is 0 Å². The number of aromatic hydroxyl groups is 1. The summed E-state index contributed by atoms with van der Waals surface area (Å²) in [6, 6.07) is 24.1. The minimum absolute atomic E-state index is 0.119. The number of aryl methyl sites for hydroxylation is 1. The van der Waals surface area contributed by atoms with Gasteiger partial charge in [-0.1, -0.05) is 48.5 Å². The van der Waals surface area contributed by atoms with E-state index in [4.69, 9.17) is 15.2 Å². The van der Waals surface area contributed by atoms with E-state index in [1.165, 1.54) is 16.6 Å². The van der Waals surface area contributed by atoms with E-state index in [9.17, 15) is 9.90 Å². The quantitative estimate of drug-likeness (QED) is 0.231. The minimum Gasteiger partial charge on any atom is -0.504 e. The molecule has 1 aliphatic rings. The molecule has 1 aromatic heterocycles. The molecule has 7 nitrogen and oxygen atoms in total. The first-order chi connectivity index (χ1) is 20.0. The molecule has 41 heavy (non-hydrogen) atoms. The lowest BCUT2D eigenvalue weighted by molar-refractivity contribution is -0.132. The number of carbonyl (C=O) groups is 1. The highest BCUT2D eigenvalue weighted by Crippen LogP contribution is 2.33. The SMILES string of the molecule is COCCCn1c(C2CCCN(C(=O)C[C@H](N)Cc3ccc(-c4ccc(O)c(OC)c4)cc3)C2)cc2ccccc21. The maximum atomic E-state index is 13.4. The summed E-state index contributed by atoms with van der Waals surface area (Å²) in [7, 11) is 3.29. The minimum atomic E-state index is -0.247. The third-order valence-corrected chi connectivity index (χ3v) is 8.17. The number of likely N-dealkylation sites (tertiary alicyclic amines) is 1.